The molecule has 0 aliphatic carbocycles. The van der Waals surface area contributed by atoms with Crippen LogP contribution in [0.1, 0.15) is 12.7 Å². The monoisotopic (exact) mass is 250 g/mol. The van der Waals surface area contributed by atoms with Gasteiger partial charge >= 0.3 is 5.92 Å². The number of amides is 1. The summed E-state index contributed by atoms with van der Waals surface area (Å²) >= 11 is 0. The number of hydrogen-bond donors (Lipinski definition) is 1. The van der Waals surface area contributed by atoms with Gasteiger partial charge in [-0.25, -0.2) is 0 Å². The van der Waals surface area contributed by atoms with Crippen molar-refractivity contribution in [3.8, 4) is 6.07 Å². The predicted molar refractivity (Wildman–Crippen MR) is 60.2 cm³/mol. The Bertz CT molecular complexity index is 650. The van der Waals surface area contributed by atoms with E-state index < -0.39 is 11.8 Å². The van der Waals surface area contributed by atoms with Crippen molar-refractivity contribution in [2.45, 2.75) is 12.8 Å². The second-order valence-corrected chi connectivity index (χ2v) is 3.76. The number of benzene rings is 1. The van der Waals surface area contributed by atoms with Gasteiger partial charge in [0.05, 0.1) is 0 Å². The Morgan fingerprint density at radius 1 is 1.44 bits per heavy atom. The van der Waals surface area contributed by atoms with Crippen LogP contribution < -0.4 is 5.32 Å². The largest absolute Gasteiger partial charge is 0.443 e. The molecule has 4 nitrogen and oxygen atoms in total. The highest BCUT2D eigenvalue weighted by Crippen LogP contribution is 2.31. The summed E-state index contributed by atoms with van der Waals surface area (Å²) < 4.78 is 30.8. The molecule has 1 aromatic carbocycles. The molecule has 0 unspecified atom stereocenters. The molecule has 1 amide bonds. The third kappa shape index (κ3) is 2.02. The molecule has 0 saturated heterocycles. The molecule has 2 aromatic rings. The SMILES string of the molecule is CC(F)(F)C(=O)Nc1c(C#N)oc2ccccc12. The van der Waals surface area contributed by atoms with E-state index in [4.69, 9.17) is 9.68 Å². The third-order valence-corrected chi connectivity index (χ3v) is 2.33. The molecule has 1 N–H and O–H groups in total. The third-order valence-electron chi connectivity index (χ3n) is 2.33. The van der Waals surface area contributed by atoms with Gasteiger partial charge in [-0.2, -0.15) is 14.0 Å². The van der Waals surface area contributed by atoms with E-state index in [0.29, 0.717) is 17.9 Å². The number of nitrogens with one attached hydrogen (secondary N) is 1. The van der Waals surface area contributed by atoms with E-state index in [-0.39, 0.29) is 11.4 Å². The summed E-state index contributed by atoms with van der Waals surface area (Å²) in [5, 5.41) is 11.3. The molecule has 92 valence electrons. The van der Waals surface area contributed by atoms with Crippen LogP contribution in [0.4, 0.5) is 14.5 Å². The number of nitrogens with zero attached hydrogens (tertiary/aromatic N) is 1. The van der Waals surface area contributed by atoms with Crippen LogP contribution in [-0.4, -0.2) is 11.8 Å². The normalized spacial score (nSPS) is 11.2. The molecule has 1 aromatic heterocycles. The molecule has 0 fully saturated rings. The summed E-state index contributed by atoms with van der Waals surface area (Å²) in [5.41, 5.74) is 0.323. The van der Waals surface area contributed by atoms with Gasteiger partial charge in [0.2, 0.25) is 5.76 Å². The van der Waals surface area contributed by atoms with Crippen molar-refractivity contribution in [3.63, 3.8) is 0 Å². The Labute approximate surface area is 101 Å². The summed E-state index contributed by atoms with van der Waals surface area (Å²) in [5.74, 6) is -5.20. The maximum Gasteiger partial charge on any atom is 0.322 e. The van der Waals surface area contributed by atoms with Gasteiger partial charge < -0.3 is 9.73 Å². The van der Waals surface area contributed by atoms with Crippen molar-refractivity contribution < 1.29 is 18.0 Å². The lowest BCUT2D eigenvalue weighted by atomic mass is 10.2. The summed E-state index contributed by atoms with van der Waals surface area (Å²) in [4.78, 5) is 11.2. The van der Waals surface area contributed by atoms with Gasteiger partial charge in [0, 0.05) is 12.3 Å². The number of rotatable bonds is 2. The zero-order chi connectivity index (χ0) is 13.3. The summed E-state index contributed by atoms with van der Waals surface area (Å²) in [6.07, 6.45) is 0. The highest BCUT2D eigenvalue weighted by atomic mass is 19.3. The van der Waals surface area contributed by atoms with E-state index in [2.05, 4.69) is 0 Å². The van der Waals surface area contributed by atoms with E-state index in [9.17, 15) is 13.6 Å². The minimum absolute atomic E-state index is 0.0281. The Morgan fingerprint density at radius 3 is 2.72 bits per heavy atom. The minimum Gasteiger partial charge on any atom is -0.443 e. The highest BCUT2D eigenvalue weighted by molar-refractivity contribution is 6.04. The van der Waals surface area contributed by atoms with Crippen molar-refractivity contribution in [2.24, 2.45) is 0 Å². The number of alkyl halides is 2. The molecule has 0 spiro atoms. The quantitative estimate of drug-likeness (QED) is 0.891. The number of fused-ring (bicyclic) bond motifs is 1. The maximum atomic E-state index is 12.8. The Morgan fingerprint density at radius 2 is 2.11 bits per heavy atom. The number of hydrogen-bond acceptors (Lipinski definition) is 3. The molecular formula is C12H8F2N2O2. The molecule has 0 aliphatic heterocycles. The maximum absolute atomic E-state index is 12.8. The number of anilines is 1. The van der Waals surface area contributed by atoms with E-state index in [1.165, 1.54) is 0 Å². The average Bonchev–Trinajstić information content (AvgIpc) is 2.66. The summed E-state index contributed by atoms with van der Waals surface area (Å²) in [6, 6.07) is 8.19. The van der Waals surface area contributed by atoms with E-state index in [1.54, 1.807) is 30.3 Å². The molecule has 0 atom stereocenters. The van der Waals surface area contributed by atoms with Gasteiger partial charge in [-0.05, 0) is 12.1 Å². The van der Waals surface area contributed by atoms with Gasteiger partial charge in [0.25, 0.3) is 5.91 Å². The number of carbonyl (C=O) groups excluding carboxylic acids is 1. The number of nitriles is 1. The molecule has 6 heteroatoms. The van der Waals surface area contributed by atoms with Crippen LogP contribution in [0.25, 0.3) is 11.0 Å². The highest BCUT2D eigenvalue weighted by Gasteiger charge is 2.33. The number of halogens is 2. The Balaban J connectivity index is 2.50. The lowest BCUT2D eigenvalue weighted by Gasteiger charge is -2.09. The summed E-state index contributed by atoms with van der Waals surface area (Å²) in [6.45, 7) is 0.483. The lowest BCUT2D eigenvalue weighted by molar-refractivity contribution is -0.137. The van der Waals surface area contributed by atoms with E-state index in [1.807, 2.05) is 5.32 Å². The summed E-state index contributed by atoms with van der Waals surface area (Å²) in [7, 11) is 0. The van der Waals surface area contributed by atoms with Crippen molar-refractivity contribution in [2.75, 3.05) is 5.32 Å². The van der Waals surface area contributed by atoms with Gasteiger partial charge in [-0.1, -0.05) is 12.1 Å². The van der Waals surface area contributed by atoms with Gasteiger partial charge in [-0.15, -0.1) is 0 Å². The van der Waals surface area contributed by atoms with Crippen LogP contribution in [0.2, 0.25) is 0 Å². The standard InChI is InChI=1S/C12H8F2N2O2/c1-12(13,14)11(17)16-10-7-4-2-3-5-8(7)18-9(10)6-15/h2-5H,1H3,(H,16,17). The number of carbonyl (C=O) groups is 1. The van der Waals surface area contributed by atoms with Crippen LogP contribution in [-0.2, 0) is 4.79 Å². The van der Waals surface area contributed by atoms with Crippen molar-refractivity contribution in [1.82, 2.24) is 0 Å². The van der Waals surface area contributed by atoms with E-state index in [0.717, 1.165) is 0 Å². The van der Waals surface area contributed by atoms with Gasteiger partial charge in [0.1, 0.15) is 17.3 Å². The zero-order valence-electron chi connectivity index (χ0n) is 9.33. The first kappa shape index (κ1) is 12.0. The molecule has 0 saturated carbocycles. The first-order chi connectivity index (χ1) is 8.43. The van der Waals surface area contributed by atoms with Crippen molar-refractivity contribution >= 4 is 22.6 Å². The van der Waals surface area contributed by atoms with Crippen molar-refractivity contribution in [3.05, 3.63) is 30.0 Å². The second kappa shape index (κ2) is 4.11. The Hall–Kier alpha value is -2.42. The van der Waals surface area contributed by atoms with Crippen LogP contribution in [0.15, 0.2) is 28.7 Å². The molecule has 0 bridgehead atoms. The fourth-order valence-electron chi connectivity index (χ4n) is 1.47. The molecule has 18 heavy (non-hydrogen) atoms. The Kier molecular flexibility index (Phi) is 2.75. The average molecular weight is 250 g/mol. The topological polar surface area (TPSA) is 66.0 Å². The van der Waals surface area contributed by atoms with Crippen molar-refractivity contribution in [1.29, 1.82) is 5.26 Å². The lowest BCUT2D eigenvalue weighted by Crippen LogP contribution is -2.31. The fourth-order valence-corrected chi connectivity index (χ4v) is 1.47. The first-order valence-corrected chi connectivity index (χ1v) is 5.04. The first-order valence-electron chi connectivity index (χ1n) is 5.04. The molecule has 0 radical (unpaired) electrons. The minimum atomic E-state index is -3.52. The van der Waals surface area contributed by atoms with E-state index >= 15 is 0 Å². The van der Waals surface area contributed by atoms with Gasteiger partial charge in [0.15, 0.2) is 0 Å². The fraction of sp³-hybridized carbons (Fsp3) is 0.167. The van der Waals surface area contributed by atoms with Crippen LogP contribution in [0.3, 0.4) is 0 Å². The van der Waals surface area contributed by atoms with Crippen LogP contribution in [0.5, 0.6) is 0 Å². The molecule has 2 rings (SSSR count). The molecule has 1 heterocycles. The zero-order valence-corrected chi connectivity index (χ0v) is 9.33. The van der Waals surface area contributed by atoms with Crippen LogP contribution in [0, 0.1) is 11.3 Å². The van der Waals surface area contributed by atoms with Crippen LogP contribution >= 0.6 is 0 Å². The molecule has 0 aliphatic rings. The predicted octanol–water partition coefficient (Wildman–Crippen LogP) is 2.90. The number of furan rings is 1. The van der Waals surface area contributed by atoms with Gasteiger partial charge in [-0.3, -0.25) is 4.79 Å². The number of para-hydroxylation sites is 1. The molecular weight excluding hydrogens is 242 g/mol. The smallest absolute Gasteiger partial charge is 0.322 e. The second-order valence-electron chi connectivity index (χ2n) is 3.76.